The van der Waals surface area contributed by atoms with Crippen LogP contribution in [0, 0.1) is 6.92 Å². The molecule has 0 saturated carbocycles. The van der Waals surface area contributed by atoms with Gasteiger partial charge in [0.25, 0.3) is 0 Å². The summed E-state index contributed by atoms with van der Waals surface area (Å²) in [6.07, 6.45) is 3.63. The van der Waals surface area contributed by atoms with Crippen LogP contribution in [0.3, 0.4) is 0 Å². The molecule has 0 radical (unpaired) electrons. The number of rotatable bonds is 6. The fourth-order valence-corrected chi connectivity index (χ4v) is 9.01. The fraction of sp³-hybridized carbons (Fsp3) is 0.302. The number of Topliss-reactive ketones (excluding diaryl/α,β-unsaturated/α-hetero) is 1. The number of aryl methyl sites for hydroxylation is 4. The highest BCUT2D eigenvalue weighted by molar-refractivity contribution is 5.94. The molecule has 6 aromatic carbocycles. The van der Waals surface area contributed by atoms with Gasteiger partial charge >= 0.3 is 0 Å². The lowest BCUT2D eigenvalue weighted by Gasteiger charge is -2.19. The van der Waals surface area contributed by atoms with Gasteiger partial charge in [0.15, 0.2) is 5.78 Å². The Morgan fingerprint density at radius 3 is 1.21 bits per heavy atom. The van der Waals surface area contributed by atoms with E-state index in [2.05, 4.69) is 6.92 Å². The number of benzene rings is 6. The Hall–Kier alpha value is -6.25. The van der Waals surface area contributed by atoms with Crippen LogP contribution in [0.2, 0.25) is 0 Å². The standard InChI is InChI=1S/C53H56O8/c1-7-31-13-40-25-42-18-33(15-36(8-2)49(42)56)12-34-16-37(9-3)50(57)43(19-34)27-46-23-38(30(5)54)22-45(52(46)59)24-39-17-32(10-29(4)48(39)55)11-35-20-44(26-41(14-31)51(40)58)53(60)47(21-35)28-61-6/h10,13-23,55-60H,7-9,11-12,24-28H2,1-6H3. The first-order valence-corrected chi connectivity index (χ1v) is 21.2. The minimum Gasteiger partial charge on any atom is -0.507 e. The SMILES string of the molecule is CCc1cc2c(O)c(c1)Cc1cc(cc(COC)c1O)Cc1cc(C)c(O)c(c1)Cc1cc(C(C)=O)cc(c1O)Cc1cc(cc(CC)c1O)Cc1cc(CC)c(O)c(c1)C2. The molecule has 0 saturated heterocycles. The minimum atomic E-state index is -0.174. The van der Waals surface area contributed by atoms with E-state index < -0.39 is 0 Å². The number of phenolic OH excluding ortho intramolecular Hbond substituents is 6. The van der Waals surface area contributed by atoms with Crippen molar-refractivity contribution in [2.24, 2.45) is 0 Å². The van der Waals surface area contributed by atoms with Crippen molar-refractivity contribution >= 4 is 5.78 Å². The summed E-state index contributed by atoms with van der Waals surface area (Å²) in [5.41, 5.74) is 12.7. The van der Waals surface area contributed by atoms with Crippen LogP contribution < -0.4 is 0 Å². The van der Waals surface area contributed by atoms with Crippen LogP contribution in [0.15, 0.2) is 72.8 Å². The maximum Gasteiger partial charge on any atom is 0.159 e. The molecule has 6 aromatic rings. The monoisotopic (exact) mass is 820 g/mol. The third-order valence-corrected chi connectivity index (χ3v) is 12.2. The molecule has 0 atom stereocenters. The number of hydrogen-bond donors (Lipinski definition) is 6. The van der Waals surface area contributed by atoms with Crippen molar-refractivity contribution in [1.82, 2.24) is 0 Å². The third kappa shape index (κ3) is 8.96. The summed E-state index contributed by atoms with van der Waals surface area (Å²) >= 11 is 0. The minimum absolute atomic E-state index is 0.00870. The van der Waals surface area contributed by atoms with Crippen molar-refractivity contribution in [2.45, 2.75) is 99.0 Å². The number of phenols is 6. The lowest BCUT2D eigenvalue weighted by atomic mass is 9.88. The number of ether oxygens (including phenoxy) is 1. The first kappa shape index (κ1) is 42.9. The maximum atomic E-state index is 12.9. The summed E-state index contributed by atoms with van der Waals surface area (Å²) in [6.45, 7) is 9.51. The number of ketones is 1. The predicted molar refractivity (Wildman–Crippen MR) is 239 cm³/mol. The van der Waals surface area contributed by atoms with Gasteiger partial charge in [0.2, 0.25) is 0 Å². The highest BCUT2D eigenvalue weighted by Crippen LogP contribution is 2.39. The van der Waals surface area contributed by atoms with Gasteiger partial charge in [-0.05, 0) is 153 Å². The molecular formula is C53H56O8. The molecule has 0 amide bonds. The van der Waals surface area contributed by atoms with E-state index in [0.717, 1.165) is 45.4 Å². The van der Waals surface area contributed by atoms with E-state index in [1.165, 1.54) is 6.92 Å². The summed E-state index contributed by atoms with van der Waals surface area (Å²) in [7, 11) is 1.57. The summed E-state index contributed by atoms with van der Waals surface area (Å²) in [6, 6.07) is 22.9. The van der Waals surface area contributed by atoms with Crippen LogP contribution in [-0.4, -0.2) is 43.5 Å². The second kappa shape index (κ2) is 17.8. The summed E-state index contributed by atoms with van der Waals surface area (Å²) in [5, 5.41) is 70.0. The zero-order valence-electron chi connectivity index (χ0n) is 36.0. The molecular weight excluding hydrogens is 765 g/mol. The zero-order chi connectivity index (χ0) is 43.7. The Bertz CT molecular complexity index is 2670. The van der Waals surface area contributed by atoms with Crippen molar-refractivity contribution in [2.75, 3.05) is 7.11 Å². The molecule has 316 valence electrons. The second-order valence-corrected chi connectivity index (χ2v) is 16.7. The van der Waals surface area contributed by atoms with E-state index in [0.29, 0.717) is 86.9 Å². The Morgan fingerprint density at radius 2 is 0.820 bits per heavy atom. The van der Waals surface area contributed by atoms with Gasteiger partial charge in [-0.2, -0.15) is 0 Å². The molecule has 8 nitrogen and oxygen atoms in total. The molecule has 6 N–H and O–H groups in total. The number of carbonyl (C=O) groups is 1. The molecule has 0 heterocycles. The van der Waals surface area contributed by atoms with E-state index in [4.69, 9.17) is 4.74 Å². The number of methoxy groups -OCH3 is 1. The molecule has 0 unspecified atom stereocenters. The molecule has 0 aromatic heterocycles. The van der Waals surface area contributed by atoms with Crippen molar-refractivity contribution in [1.29, 1.82) is 0 Å². The molecule has 7 rings (SSSR count). The van der Waals surface area contributed by atoms with Gasteiger partial charge in [-0.1, -0.05) is 75.4 Å². The number of fused-ring (bicyclic) bond motifs is 12. The molecule has 1 aliphatic carbocycles. The third-order valence-electron chi connectivity index (χ3n) is 12.2. The molecule has 0 aliphatic heterocycles. The molecule has 61 heavy (non-hydrogen) atoms. The molecule has 1 aliphatic rings. The van der Waals surface area contributed by atoms with Crippen molar-refractivity contribution in [3.05, 3.63) is 173 Å². The van der Waals surface area contributed by atoms with Gasteiger partial charge in [0.05, 0.1) is 6.61 Å². The van der Waals surface area contributed by atoms with Gasteiger partial charge in [-0.15, -0.1) is 0 Å². The number of aromatic hydroxyl groups is 6. The Morgan fingerprint density at radius 1 is 0.459 bits per heavy atom. The zero-order valence-corrected chi connectivity index (χ0v) is 36.0. The van der Waals surface area contributed by atoms with E-state index in [9.17, 15) is 35.4 Å². The Kier molecular flexibility index (Phi) is 12.5. The lowest BCUT2D eigenvalue weighted by Crippen LogP contribution is -2.04. The maximum absolute atomic E-state index is 12.9. The summed E-state index contributed by atoms with van der Waals surface area (Å²) in [4.78, 5) is 12.9. The quantitative estimate of drug-likeness (QED) is 0.0909. The van der Waals surface area contributed by atoms with Crippen LogP contribution >= 0.6 is 0 Å². The lowest BCUT2D eigenvalue weighted by molar-refractivity contribution is 0.101. The van der Waals surface area contributed by atoms with E-state index in [1.54, 1.807) is 19.2 Å². The Labute approximate surface area is 358 Å². The first-order chi connectivity index (χ1) is 29.2. The smallest absolute Gasteiger partial charge is 0.159 e. The van der Waals surface area contributed by atoms with E-state index in [1.807, 2.05) is 81.4 Å². The predicted octanol–water partition coefficient (Wildman–Crippen LogP) is 10.1. The van der Waals surface area contributed by atoms with Crippen LogP contribution in [0.4, 0.5) is 0 Å². The topological polar surface area (TPSA) is 148 Å². The van der Waals surface area contributed by atoms with Crippen molar-refractivity contribution in [3.63, 3.8) is 0 Å². The molecule has 0 fully saturated rings. The van der Waals surface area contributed by atoms with Crippen molar-refractivity contribution < 1.29 is 40.2 Å². The average Bonchev–Trinajstić information content (AvgIpc) is 3.22. The first-order valence-electron chi connectivity index (χ1n) is 21.2. The average molecular weight is 821 g/mol. The summed E-state index contributed by atoms with van der Waals surface area (Å²) < 4.78 is 5.51. The molecule has 12 bridgehead atoms. The van der Waals surface area contributed by atoms with Crippen LogP contribution in [0.5, 0.6) is 34.5 Å². The van der Waals surface area contributed by atoms with Crippen LogP contribution in [-0.2, 0) is 69.1 Å². The van der Waals surface area contributed by atoms with Gasteiger partial charge in [-0.25, -0.2) is 0 Å². The highest BCUT2D eigenvalue weighted by atomic mass is 16.5. The number of hydrogen-bond acceptors (Lipinski definition) is 8. The largest absolute Gasteiger partial charge is 0.507 e. The molecule has 0 spiro atoms. The van der Waals surface area contributed by atoms with Crippen LogP contribution in [0.25, 0.3) is 0 Å². The fourth-order valence-electron chi connectivity index (χ4n) is 9.01. The number of carbonyl (C=O) groups excluding carboxylic acids is 1. The Balaban J connectivity index is 1.46. The van der Waals surface area contributed by atoms with Gasteiger partial charge in [-0.3, -0.25) is 4.79 Å². The van der Waals surface area contributed by atoms with Gasteiger partial charge in [0.1, 0.15) is 34.5 Å². The summed E-state index contributed by atoms with van der Waals surface area (Å²) in [5.74, 6) is 0.441. The normalized spacial score (nSPS) is 12.8. The van der Waals surface area contributed by atoms with E-state index in [-0.39, 0.29) is 72.6 Å². The van der Waals surface area contributed by atoms with Crippen LogP contribution in [0.1, 0.15) is 133 Å². The van der Waals surface area contributed by atoms with Crippen molar-refractivity contribution in [3.8, 4) is 34.5 Å². The second-order valence-electron chi connectivity index (χ2n) is 16.7. The van der Waals surface area contributed by atoms with Gasteiger partial charge in [0, 0.05) is 43.9 Å². The molecule has 8 heteroatoms. The van der Waals surface area contributed by atoms with E-state index >= 15 is 0 Å². The highest BCUT2D eigenvalue weighted by Gasteiger charge is 2.22. The van der Waals surface area contributed by atoms with Gasteiger partial charge < -0.3 is 35.4 Å².